The summed E-state index contributed by atoms with van der Waals surface area (Å²) in [6.07, 6.45) is 9.01. The fraction of sp³-hybridized carbons (Fsp3) is 0.905. The van der Waals surface area contributed by atoms with Crippen molar-refractivity contribution in [2.45, 2.75) is 90.7 Å². The summed E-state index contributed by atoms with van der Waals surface area (Å²) in [4.78, 5) is 26.3. The Labute approximate surface area is 158 Å². The average molecular weight is 368 g/mol. The van der Waals surface area contributed by atoms with E-state index in [0.717, 1.165) is 24.7 Å². The molecule has 0 N–H and O–H groups in total. The Bertz CT molecular complexity index is 477. The molecule has 0 bridgehead atoms. The number of methoxy groups -OCH3 is 1. The van der Waals surface area contributed by atoms with E-state index in [2.05, 4.69) is 6.92 Å². The molecule has 1 heterocycles. The highest BCUT2D eigenvalue weighted by molar-refractivity contribution is 5.81. The molecule has 26 heavy (non-hydrogen) atoms. The fourth-order valence-corrected chi connectivity index (χ4v) is 4.29. The second-order valence-electron chi connectivity index (χ2n) is 9.31. The molecule has 1 saturated carbocycles. The first-order valence-corrected chi connectivity index (χ1v) is 10.3. The van der Waals surface area contributed by atoms with Crippen LogP contribution in [0.2, 0.25) is 0 Å². The summed E-state index contributed by atoms with van der Waals surface area (Å²) in [7, 11) is 1.39. The topological polar surface area (TPSA) is 55.8 Å². The first-order chi connectivity index (χ1) is 12.2. The van der Waals surface area contributed by atoms with Gasteiger partial charge in [-0.2, -0.15) is 0 Å². The maximum Gasteiger partial charge on any atom is 0.411 e. The van der Waals surface area contributed by atoms with Crippen LogP contribution in [0.15, 0.2) is 0 Å². The molecule has 0 radical (unpaired) electrons. The van der Waals surface area contributed by atoms with E-state index in [1.54, 1.807) is 4.90 Å². The summed E-state index contributed by atoms with van der Waals surface area (Å²) in [6, 6.07) is -0.514. The van der Waals surface area contributed by atoms with Crippen LogP contribution in [0.25, 0.3) is 0 Å². The van der Waals surface area contributed by atoms with Gasteiger partial charge in [-0.1, -0.05) is 45.4 Å². The number of carbonyl (C=O) groups excluding carboxylic acids is 2. The minimum absolute atomic E-state index is 0.327. The summed E-state index contributed by atoms with van der Waals surface area (Å²) in [5.74, 6) is 1.88. The van der Waals surface area contributed by atoms with Crippen LogP contribution in [0.3, 0.4) is 0 Å². The number of rotatable bonds is 4. The number of hydrogen-bond acceptors (Lipinski definition) is 4. The lowest BCUT2D eigenvalue weighted by molar-refractivity contribution is -0.149. The lowest BCUT2D eigenvalue weighted by Gasteiger charge is -2.39. The standard InChI is InChI=1S/C21H37NO4/c1-15-6-8-16(9-7-15)10-11-17-12-13-22(18(14-17)19(23)25-5)20(24)26-21(2,3)4/h15-18H,6-14H2,1-5H3/t15?,16?,17-,18-/m1/s1. The Kier molecular flexibility index (Phi) is 7.36. The number of ether oxygens (including phenoxy) is 2. The van der Waals surface area contributed by atoms with E-state index in [1.807, 2.05) is 20.8 Å². The van der Waals surface area contributed by atoms with Crippen LogP contribution in [-0.4, -0.2) is 42.3 Å². The zero-order valence-corrected chi connectivity index (χ0v) is 17.3. The van der Waals surface area contributed by atoms with Crippen LogP contribution in [0, 0.1) is 17.8 Å². The fourth-order valence-electron chi connectivity index (χ4n) is 4.29. The smallest absolute Gasteiger partial charge is 0.411 e. The third kappa shape index (κ3) is 6.17. The largest absolute Gasteiger partial charge is 0.467 e. The van der Waals surface area contributed by atoms with Gasteiger partial charge in [0.15, 0.2) is 0 Å². The molecule has 0 unspecified atom stereocenters. The monoisotopic (exact) mass is 367 g/mol. The zero-order chi connectivity index (χ0) is 19.3. The number of piperidine rings is 1. The predicted octanol–water partition coefficient (Wildman–Crippen LogP) is 4.78. The molecule has 1 aliphatic carbocycles. The average Bonchev–Trinajstić information content (AvgIpc) is 2.58. The SMILES string of the molecule is COC(=O)[C@H]1C[C@H](CCC2CCC(C)CC2)CCN1C(=O)OC(C)(C)C. The van der Waals surface area contributed by atoms with Crippen LogP contribution >= 0.6 is 0 Å². The normalized spacial score (nSPS) is 30.0. The number of carbonyl (C=O) groups is 2. The van der Waals surface area contributed by atoms with Gasteiger partial charge in [0, 0.05) is 6.54 Å². The Morgan fingerprint density at radius 3 is 2.19 bits per heavy atom. The molecule has 0 aromatic heterocycles. The second-order valence-corrected chi connectivity index (χ2v) is 9.31. The van der Waals surface area contributed by atoms with Crippen molar-refractivity contribution in [2.24, 2.45) is 17.8 Å². The number of amides is 1. The number of likely N-dealkylation sites (tertiary alicyclic amines) is 1. The molecule has 2 rings (SSSR count). The van der Waals surface area contributed by atoms with E-state index in [9.17, 15) is 9.59 Å². The molecule has 150 valence electrons. The summed E-state index contributed by atoms with van der Waals surface area (Å²) < 4.78 is 10.4. The van der Waals surface area contributed by atoms with Crippen molar-refractivity contribution in [1.29, 1.82) is 0 Å². The van der Waals surface area contributed by atoms with E-state index >= 15 is 0 Å². The molecule has 1 aliphatic heterocycles. The Morgan fingerprint density at radius 2 is 1.62 bits per heavy atom. The highest BCUT2D eigenvalue weighted by atomic mass is 16.6. The van der Waals surface area contributed by atoms with Crippen molar-refractivity contribution in [2.75, 3.05) is 13.7 Å². The molecular weight excluding hydrogens is 330 g/mol. The zero-order valence-electron chi connectivity index (χ0n) is 17.3. The van der Waals surface area contributed by atoms with Gasteiger partial charge in [-0.25, -0.2) is 9.59 Å². The van der Waals surface area contributed by atoms with Crippen LogP contribution in [0.5, 0.6) is 0 Å². The van der Waals surface area contributed by atoms with Gasteiger partial charge in [0.2, 0.25) is 0 Å². The first-order valence-electron chi connectivity index (χ1n) is 10.3. The van der Waals surface area contributed by atoms with Gasteiger partial charge in [-0.05, 0) is 51.4 Å². The maximum atomic E-state index is 12.5. The third-order valence-corrected chi connectivity index (χ3v) is 5.93. The van der Waals surface area contributed by atoms with E-state index in [-0.39, 0.29) is 5.97 Å². The van der Waals surface area contributed by atoms with Gasteiger partial charge < -0.3 is 9.47 Å². The van der Waals surface area contributed by atoms with Gasteiger partial charge in [-0.3, -0.25) is 4.90 Å². The Morgan fingerprint density at radius 1 is 1.00 bits per heavy atom. The van der Waals surface area contributed by atoms with Crippen molar-refractivity contribution >= 4 is 12.1 Å². The molecule has 0 spiro atoms. The number of nitrogens with zero attached hydrogens (tertiary/aromatic N) is 1. The molecular formula is C21H37NO4. The highest BCUT2D eigenvalue weighted by Crippen LogP contribution is 2.35. The second kappa shape index (κ2) is 9.09. The molecule has 5 nitrogen and oxygen atoms in total. The van der Waals surface area contributed by atoms with Crippen LogP contribution in [-0.2, 0) is 14.3 Å². The van der Waals surface area contributed by atoms with Crippen molar-refractivity contribution < 1.29 is 19.1 Å². The molecule has 1 amide bonds. The molecule has 2 atom stereocenters. The van der Waals surface area contributed by atoms with Gasteiger partial charge >= 0.3 is 12.1 Å². The summed E-state index contributed by atoms with van der Waals surface area (Å²) in [5, 5.41) is 0. The van der Waals surface area contributed by atoms with Crippen LogP contribution < -0.4 is 0 Å². The van der Waals surface area contributed by atoms with E-state index in [4.69, 9.17) is 9.47 Å². The number of esters is 1. The molecule has 1 saturated heterocycles. The van der Waals surface area contributed by atoms with Crippen LogP contribution in [0.4, 0.5) is 4.79 Å². The minimum atomic E-state index is -0.563. The third-order valence-electron chi connectivity index (χ3n) is 5.93. The Balaban J connectivity index is 1.90. The van der Waals surface area contributed by atoms with E-state index in [0.29, 0.717) is 18.9 Å². The van der Waals surface area contributed by atoms with Gasteiger partial charge in [0.25, 0.3) is 0 Å². The minimum Gasteiger partial charge on any atom is -0.467 e. The molecule has 2 fully saturated rings. The van der Waals surface area contributed by atoms with E-state index < -0.39 is 17.7 Å². The molecule has 0 aromatic carbocycles. The van der Waals surface area contributed by atoms with Crippen LogP contribution in [0.1, 0.15) is 79.1 Å². The molecule has 0 aromatic rings. The molecule has 5 heteroatoms. The van der Waals surface area contributed by atoms with Crippen molar-refractivity contribution in [3.05, 3.63) is 0 Å². The predicted molar refractivity (Wildman–Crippen MR) is 102 cm³/mol. The van der Waals surface area contributed by atoms with Crippen molar-refractivity contribution in [3.8, 4) is 0 Å². The highest BCUT2D eigenvalue weighted by Gasteiger charge is 2.39. The lowest BCUT2D eigenvalue weighted by Crippen LogP contribution is -2.52. The van der Waals surface area contributed by atoms with Crippen molar-refractivity contribution in [1.82, 2.24) is 4.90 Å². The quantitative estimate of drug-likeness (QED) is 0.671. The summed E-state index contributed by atoms with van der Waals surface area (Å²) in [5.41, 5.74) is -0.563. The lowest BCUT2D eigenvalue weighted by atomic mass is 9.78. The maximum absolute atomic E-state index is 12.5. The number of hydrogen-bond donors (Lipinski definition) is 0. The van der Waals surface area contributed by atoms with Gasteiger partial charge in [0.05, 0.1) is 7.11 Å². The van der Waals surface area contributed by atoms with E-state index in [1.165, 1.54) is 39.2 Å². The summed E-state index contributed by atoms with van der Waals surface area (Å²) >= 11 is 0. The van der Waals surface area contributed by atoms with Gasteiger partial charge in [0.1, 0.15) is 11.6 Å². The van der Waals surface area contributed by atoms with Gasteiger partial charge in [-0.15, -0.1) is 0 Å². The Hall–Kier alpha value is -1.26. The first kappa shape index (κ1) is 21.0. The summed E-state index contributed by atoms with van der Waals surface area (Å²) in [6.45, 7) is 8.45. The molecule has 2 aliphatic rings. The van der Waals surface area contributed by atoms with Crippen molar-refractivity contribution in [3.63, 3.8) is 0 Å².